The van der Waals surface area contributed by atoms with Crippen LogP contribution in [0.15, 0.2) is 149 Å². The summed E-state index contributed by atoms with van der Waals surface area (Å²) in [5, 5.41) is 5.51. The first-order valence-electron chi connectivity index (χ1n) is 16.0. The minimum Gasteiger partial charge on any atom is -0.496 e. The van der Waals surface area contributed by atoms with Gasteiger partial charge in [-0.1, -0.05) is 79.4 Å². The zero-order valence-electron chi connectivity index (χ0n) is 29.1. The molecule has 4 aromatic carbocycles. The van der Waals surface area contributed by atoms with Gasteiger partial charge in [-0.25, -0.2) is 15.0 Å². The van der Waals surface area contributed by atoms with E-state index in [9.17, 15) is 4.79 Å². The number of ketones is 1. The van der Waals surface area contributed by atoms with Gasteiger partial charge in [0.25, 0.3) is 0 Å². The number of aliphatic imine (C=N–C) groups is 1. The smallest absolute Gasteiger partial charge is 0.199 e. The molecule has 0 bridgehead atoms. The summed E-state index contributed by atoms with van der Waals surface area (Å²) in [4.78, 5) is 29.9. The van der Waals surface area contributed by atoms with E-state index >= 15 is 0 Å². The van der Waals surface area contributed by atoms with Crippen LogP contribution >= 0.6 is 44.1 Å². The van der Waals surface area contributed by atoms with E-state index in [2.05, 4.69) is 79.2 Å². The molecule has 0 spiro atoms. The van der Waals surface area contributed by atoms with Crippen molar-refractivity contribution in [2.45, 2.75) is 6.42 Å². The molecule has 13 nitrogen and oxygen atoms in total. The lowest BCUT2D eigenvalue weighted by Gasteiger charge is -2.08. The molecule has 0 atom stereocenters. The lowest BCUT2D eigenvalue weighted by molar-refractivity contribution is 0.100. The van der Waals surface area contributed by atoms with E-state index in [0.717, 1.165) is 38.2 Å². The molecule has 0 aliphatic rings. The third-order valence-corrected chi connectivity index (χ3v) is 9.00. The van der Waals surface area contributed by atoms with E-state index in [1.807, 2.05) is 54.6 Å². The fourth-order valence-corrected chi connectivity index (χ4v) is 6.06. The number of methoxy groups -OCH3 is 2. The molecule has 0 fully saturated rings. The lowest BCUT2D eigenvalue weighted by atomic mass is 10.1. The van der Waals surface area contributed by atoms with Crippen molar-refractivity contribution in [2.75, 3.05) is 20.8 Å². The average molecular weight is 884 g/mol. The Hall–Kier alpha value is -6.15. The maximum Gasteiger partial charge on any atom is 0.199 e. The maximum absolute atomic E-state index is 11.3. The number of thiocarbonyl (C=S) groups is 1. The average Bonchev–Trinajstić information content (AvgIpc) is 4.03. The van der Waals surface area contributed by atoms with Crippen LogP contribution in [0.2, 0.25) is 0 Å². The number of ether oxygens (including phenoxy) is 2. The third-order valence-electron chi connectivity index (χ3n) is 7.52. The SMILES string of the molecule is COc1cc(Cc2ncc(-c3ccccc3Br)o2)ccc1-c1cnco1.COc1cc(N=C=S)ccc1-c1cnco1.[N-]=[N+]=NCC(=O)c1ccccc1Br. The molecule has 0 N–H and O–H groups in total. The lowest BCUT2D eigenvalue weighted by Crippen LogP contribution is -2.03. The summed E-state index contributed by atoms with van der Waals surface area (Å²) >= 11 is 11.3. The maximum atomic E-state index is 11.3. The van der Waals surface area contributed by atoms with Crippen molar-refractivity contribution in [3.05, 3.63) is 153 Å². The van der Waals surface area contributed by atoms with Crippen LogP contribution in [-0.4, -0.2) is 46.7 Å². The van der Waals surface area contributed by atoms with Crippen LogP contribution in [0.5, 0.6) is 11.5 Å². The highest BCUT2D eigenvalue weighted by atomic mass is 79.9. The van der Waals surface area contributed by atoms with Gasteiger partial charge in [0, 0.05) is 37.5 Å². The van der Waals surface area contributed by atoms with Crippen LogP contribution in [0.4, 0.5) is 5.69 Å². The fourth-order valence-electron chi connectivity index (χ4n) is 4.97. The van der Waals surface area contributed by atoms with Crippen molar-refractivity contribution < 1.29 is 27.5 Å². The van der Waals surface area contributed by atoms with Gasteiger partial charge in [-0.05, 0) is 59.7 Å². The Balaban J connectivity index is 0.000000172. The summed E-state index contributed by atoms with van der Waals surface area (Å²) in [6, 6.07) is 26.2. The van der Waals surface area contributed by atoms with E-state index in [1.165, 1.54) is 12.8 Å². The molecule has 0 amide bonds. The minimum atomic E-state index is -0.190. The number of carbonyl (C=O) groups is 1. The van der Waals surface area contributed by atoms with E-state index in [4.69, 9.17) is 28.3 Å². The molecule has 55 heavy (non-hydrogen) atoms. The quantitative estimate of drug-likeness (QED) is 0.0303. The second-order valence-corrected chi connectivity index (χ2v) is 12.8. The van der Waals surface area contributed by atoms with E-state index in [0.29, 0.717) is 45.3 Å². The largest absolute Gasteiger partial charge is 0.496 e. The molecule has 0 aliphatic carbocycles. The van der Waals surface area contributed by atoms with E-state index in [1.54, 1.807) is 63.1 Å². The molecular weight excluding hydrogens is 854 g/mol. The van der Waals surface area contributed by atoms with Crippen LogP contribution in [-0.2, 0) is 6.42 Å². The van der Waals surface area contributed by atoms with Gasteiger partial charge in [-0.15, -0.1) is 0 Å². The Morgan fingerprint density at radius 2 is 1.45 bits per heavy atom. The summed E-state index contributed by atoms with van der Waals surface area (Å²) in [6.07, 6.45) is 8.37. The van der Waals surface area contributed by atoms with Gasteiger partial charge in [0.2, 0.25) is 0 Å². The molecule has 7 aromatic rings. The van der Waals surface area contributed by atoms with Crippen LogP contribution in [0, 0.1) is 0 Å². The molecule has 0 saturated heterocycles. The van der Waals surface area contributed by atoms with Crippen LogP contribution < -0.4 is 9.47 Å². The summed E-state index contributed by atoms with van der Waals surface area (Å²) < 4.78 is 28.9. The molecule has 0 aliphatic heterocycles. The zero-order chi connectivity index (χ0) is 39.0. The first-order valence-corrected chi connectivity index (χ1v) is 18.0. The molecule has 0 radical (unpaired) electrons. The Morgan fingerprint density at radius 3 is 2.05 bits per heavy atom. The monoisotopic (exact) mass is 881 g/mol. The number of halogens is 2. The first kappa shape index (κ1) is 40.0. The van der Waals surface area contributed by atoms with Crippen molar-refractivity contribution >= 4 is 60.7 Å². The molecule has 7 rings (SSSR count). The second-order valence-electron chi connectivity index (χ2n) is 10.9. The number of isothiocyanates is 1. The van der Waals surface area contributed by atoms with Gasteiger partial charge < -0.3 is 22.7 Å². The number of nitrogens with zero attached hydrogens (tertiary/aromatic N) is 7. The molecule has 3 aromatic heterocycles. The normalized spacial score (nSPS) is 10.0. The van der Waals surface area contributed by atoms with Crippen LogP contribution in [0.25, 0.3) is 44.4 Å². The second kappa shape index (κ2) is 20.3. The van der Waals surface area contributed by atoms with E-state index < -0.39 is 0 Å². The molecular formula is C39H29Br2N7O6S. The standard InChI is InChI=1S/C20H15BrN2O3.C11H8N2O2S.C8H6BrN3O/c1-24-17-8-13(6-7-15(17)18-10-22-12-25-18)9-20-23-11-19(26-20)14-4-2-3-5-16(14)21;1-14-10-4-8(13-7-16)2-3-9(10)11-5-12-6-15-11;9-7-4-2-1-3-6(7)8(13)5-11-12-10/h2-8,10-12H,9H2,1H3;2-6H,1H3;1-4H,5H2. The van der Waals surface area contributed by atoms with E-state index in [-0.39, 0.29) is 12.3 Å². The Morgan fingerprint density at radius 1 is 0.818 bits per heavy atom. The first-order chi connectivity index (χ1) is 26.8. The van der Waals surface area contributed by atoms with Crippen molar-refractivity contribution in [2.24, 2.45) is 10.1 Å². The van der Waals surface area contributed by atoms with Gasteiger partial charge in [0.1, 0.15) is 11.5 Å². The highest BCUT2D eigenvalue weighted by Gasteiger charge is 2.14. The summed E-state index contributed by atoms with van der Waals surface area (Å²) in [6.45, 7) is -0.140. The molecule has 0 saturated carbocycles. The number of hydrogen-bond acceptors (Lipinski definition) is 12. The highest BCUT2D eigenvalue weighted by Crippen LogP contribution is 2.34. The predicted octanol–water partition coefficient (Wildman–Crippen LogP) is 11.4. The van der Waals surface area contributed by atoms with Gasteiger partial charge in [0.15, 0.2) is 41.7 Å². The van der Waals surface area contributed by atoms with Gasteiger partial charge >= 0.3 is 0 Å². The number of rotatable bonds is 11. The molecule has 276 valence electrons. The Kier molecular flexibility index (Phi) is 14.8. The molecule has 0 unspecified atom stereocenters. The Labute approximate surface area is 337 Å². The third kappa shape index (κ3) is 10.9. The number of azide groups is 1. The van der Waals surface area contributed by atoms with Crippen molar-refractivity contribution in [3.8, 4) is 45.5 Å². The number of carbonyl (C=O) groups excluding carboxylic acids is 1. The van der Waals surface area contributed by atoms with Gasteiger partial charge in [-0.3, -0.25) is 4.79 Å². The zero-order valence-corrected chi connectivity index (χ0v) is 33.1. The summed E-state index contributed by atoms with van der Waals surface area (Å²) in [5.74, 6) is 3.88. The Bertz CT molecular complexity index is 2440. The van der Waals surface area contributed by atoms with Crippen LogP contribution in [0.1, 0.15) is 21.8 Å². The minimum absolute atomic E-state index is 0.140. The fraction of sp³-hybridized carbons (Fsp3) is 0.103. The number of hydrogen-bond donors (Lipinski definition) is 0. The van der Waals surface area contributed by atoms with Crippen molar-refractivity contribution in [1.82, 2.24) is 15.0 Å². The van der Waals surface area contributed by atoms with Gasteiger partial charge in [0.05, 0.1) is 61.3 Å². The number of aromatic nitrogens is 3. The summed E-state index contributed by atoms with van der Waals surface area (Å²) in [5.41, 5.74) is 12.9. The van der Waals surface area contributed by atoms with Crippen molar-refractivity contribution in [3.63, 3.8) is 0 Å². The highest BCUT2D eigenvalue weighted by molar-refractivity contribution is 9.10. The number of oxazole rings is 3. The van der Waals surface area contributed by atoms with Gasteiger partial charge in [-0.2, -0.15) is 4.99 Å². The number of benzene rings is 4. The predicted molar refractivity (Wildman–Crippen MR) is 217 cm³/mol. The molecule has 3 heterocycles. The molecule has 16 heteroatoms. The number of Topliss-reactive ketones (excluding diaryl/α,β-unsaturated/α-hetero) is 1. The van der Waals surface area contributed by atoms with Crippen LogP contribution in [0.3, 0.4) is 0 Å². The summed E-state index contributed by atoms with van der Waals surface area (Å²) in [7, 11) is 3.22. The topological polar surface area (TPSA) is 175 Å². The van der Waals surface area contributed by atoms with Crippen molar-refractivity contribution in [1.29, 1.82) is 0 Å².